The average molecular weight is 212 g/mol. The fourth-order valence-corrected chi connectivity index (χ4v) is 1.33. The fraction of sp³-hybridized carbons (Fsp3) is 0.200. The standard InChI is InChI=1S/C10H7F3N2/c1-2-7-3-5-8(6-4-7)9(14-15-9)10(11,12)13/h1,3-6,14-15H. The van der Waals surface area contributed by atoms with Gasteiger partial charge in [0.15, 0.2) is 0 Å². The van der Waals surface area contributed by atoms with Crippen LogP contribution in [0.3, 0.4) is 0 Å². The summed E-state index contributed by atoms with van der Waals surface area (Å²) >= 11 is 0. The van der Waals surface area contributed by atoms with Gasteiger partial charge in [0.25, 0.3) is 0 Å². The van der Waals surface area contributed by atoms with E-state index in [4.69, 9.17) is 6.42 Å². The molecule has 0 aliphatic carbocycles. The molecule has 2 rings (SSSR count). The Labute approximate surface area is 84.5 Å². The van der Waals surface area contributed by atoms with Crippen molar-refractivity contribution in [3.05, 3.63) is 35.4 Å². The third-order valence-corrected chi connectivity index (χ3v) is 2.28. The quantitative estimate of drug-likeness (QED) is 0.547. The van der Waals surface area contributed by atoms with Crippen molar-refractivity contribution in [2.75, 3.05) is 0 Å². The van der Waals surface area contributed by atoms with Crippen LogP contribution in [0.2, 0.25) is 0 Å². The van der Waals surface area contributed by atoms with Gasteiger partial charge in [-0.05, 0) is 17.7 Å². The van der Waals surface area contributed by atoms with Crippen molar-refractivity contribution in [2.24, 2.45) is 0 Å². The zero-order chi connectivity index (χ0) is 11.1. The lowest BCUT2D eigenvalue weighted by Crippen LogP contribution is -2.34. The molecule has 0 unspecified atom stereocenters. The van der Waals surface area contributed by atoms with Crippen molar-refractivity contribution < 1.29 is 13.2 Å². The summed E-state index contributed by atoms with van der Waals surface area (Å²) in [6.07, 6.45) is 0.737. The maximum Gasteiger partial charge on any atom is 0.426 e. The average Bonchev–Trinajstić information content (AvgIpc) is 2.98. The van der Waals surface area contributed by atoms with E-state index in [1.165, 1.54) is 24.3 Å². The van der Waals surface area contributed by atoms with Crippen LogP contribution in [0.5, 0.6) is 0 Å². The SMILES string of the molecule is C#Cc1ccc(C2(C(F)(F)F)NN2)cc1. The van der Waals surface area contributed by atoms with E-state index in [0.717, 1.165) is 0 Å². The van der Waals surface area contributed by atoms with Gasteiger partial charge in [-0.1, -0.05) is 18.1 Å². The molecular weight excluding hydrogens is 205 g/mol. The maximum atomic E-state index is 12.6. The molecule has 0 spiro atoms. The van der Waals surface area contributed by atoms with Crippen molar-refractivity contribution in [1.29, 1.82) is 0 Å². The number of rotatable bonds is 1. The summed E-state index contributed by atoms with van der Waals surface area (Å²) in [7, 11) is 0. The molecule has 2 N–H and O–H groups in total. The van der Waals surface area contributed by atoms with Crippen LogP contribution in [0.4, 0.5) is 13.2 Å². The second-order valence-electron chi connectivity index (χ2n) is 3.22. The monoisotopic (exact) mass is 212 g/mol. The highest BCUT2D eigenvalue weighted by Gasteiger charge is 2.65. The summed E-state index contributed by atoms with van der Waals surface area (Å²) in [5.74, 6) is 2.34. The molecule has 0 atom stereocenters. The number of hydrogen-bond acceptors (Lipinski definition) is 2. The van der Waals surface area contributed by atoms with Gasteiger partial charge in [0, 0.05) is 5.56 Å². The summed E-state index contributed by atoms with van der Waals surface area (Å²) in [4.78, 5) is 0. The smallest absolute Gasteiger partial charge is 0.223 e. The Morgan fingerprint density at radius 2 is 1.67 bits per heavy atom. The van der Waals surface area contributed by atoms with Crippen molar-refractivity contribution in [2.45, 2.75) is 11.8 Å². The first kappa shape index (κ1) is 10.0. The van der Waals surface area contributed by atoms with Crippen LogP contribution in [0.1, 0.15) is 11.1 Å². The molecule has 1 fully saturated rings. The first-order valence-electron chi connectivity index (χ1n) is 4.18. The van der Waals surface area contributed by atoms with Crippen LogP contribution in [0.15, 0.2) is 24.3 Å². The zero-order valence-electron chi connectivity index (χ0n) is 7.52. The van der Waals surface area contributed by atoms with E-state index >= 15 is 0 Å². The number of alkyl halides is 3. The lowest BCUT2D eigenvalue weighted by molar-refractivity contribution is -0.165. The molecule has 1 aliphatic heterocycles. The van der Waals surface area contributed by atoms with Crippen LogP contribution in [0.25, 0.3) is 0 Å². The molecule has 0 radical (unpaired) electrons. The molecule has 0 saturated carbocycles. The Kier molecular flexibility index (Phi) is 2.00. The Balaban J connectivity index is 2.36. The van der Waals surface area contributed by atoms with E-state index < -0.39 is 11.8 Å². The number of nitrogens with one attached hydrogen (secondary N) is 2. The van der Waals surface area contributed by atoms with E-state index in [1.54, 1.807) is 0 Å². The first-order chi connectivity index (χ1) is 6.99. The van der Waals surface area contributed by atoms with Crippen LogP contribution in [0, 0.1) is 12.3 Å². The molecule has 2 nitrogen and oxygen atoms in total. The van der Waals surface area contributed by atoms with Crippen molar-refractivity contribution >= 4 is 0 Å². The number of hydrogen-bond donors (Lipinski definition) is 2. The molecule has 5 heteroatoms. The van der Waals surface area contributed by atoms with E-state index in [2.05, 4.69) is 16.8 Å². The van der Waals surface area contributed by atoms with Gasteiger partial charge in [-0.2, -0.15) is 13.2 Å². The normalized spacial score (nSPS) is 18.3. The third-order valence-electron chi connectivity index (χ3n) is 2.28. The van der Waals surface area contributed by atoms with Gasteiger partial charge >= 0.3 is 6.18 Å². The molecule has 1 aromatic rings. The molecule has 78 valence electrons. The van der Waals surface area contributed by atoms with Gasteiger partial charge in [0.2, 0.25) is 5.66 Å². The summed E-state index contributed by atoms with van der Waals surface area (Å²) < 4.78 is 37.8. The molecule has 15 heavy (non-hydrogen) atoms. The van der Waals surface area contributed by atoms with Crippen LogP contribution in [-0.2, 0) is 5.66 Å². The van der Waals surface area contributed by atoms with Crippen LogP contribution >= 0.6 is 0 Å². The Morgan fingerprint density at radius 1 is 1.13 bits per heavy atom. The topological polar surface area (TPSA) is 43.9 Å². The van der Waals surface area contributed by atoms with E-state index in [-0.39, 0.29) is 5.56 Å². The number of hydrazine groups is 1. The minimum atomic E-state index is -4.37. The second kappa shape index (κ2) is 2.99. The van der Waals surface area contributed by atoms with E-state index in [1.807, 2.05) is 0 Å². The molecule has 1 heterocycles. The largest absolute Gasteiger partial charge is 0.426 e. The summed E-state index contributed by atoms with van der Waals surface area (Å²) in [5, 5.41) is 0. The molecule has 0 amide bonds. The molecule has 1 aliphatic rings. The summed E-state index contributed by atoms with van der Waals surface area (Å²) in [5.41, 5.74) is 2.79. The predicted molar refractivity (Wildman–Crippen MR) is 48.4 cm³/mol. The predicted octanol–water partition coefficient (Wildman–Crippen LogP) is 1.49. The molecule has 0 aromatic heterocycles. The highest BCUT2D eigenvalue weighted by atomic mass is 19.4. The first-order valence-corrected chi connectivity index (χ1v) is 4.18. The van der Waals surface area contributed by atoms with Gasteiger partial charge in [-0.15, -0.1) is 6.42 Å². The Bertz CT molecular complexity index is 410. The van der Waals surface area contributed by atoms with Gasteiger partial charge in [-0.25, -0.2) is 10.9 Å². The minimum absolute atomic E-state index is 0.106. The van der Waals surface area contributed by atoms with Crippen molar-refractivity contribution in [1.82, 2.24) is 10.9 Å². The third kappa shape index (κ3) is 1.48. The summed E-state index contributed by atoms with van der Waals surface area (Å²) in [6.45, 7) is 0. The maximum absolute atomic E-state index is 12.6. The van der Waals surface area contributed by atoms with Gasteiger partial charge in [-0.3, -0.25) is 0 Å². The Hall–Kier alpha value is -1.51. The second-order valence-corrected chi connectivity index (χ2v) is 3.22. The van der Waals surface area contributed by atoms with Gasteiger partial charge < -0.3 is 0 Å². The van der Waals surface area contributed by atoms with Crippen LogP contribution < -0.4 is 10.9 Å². The highest BCUT2D eigenvalue weighted by molar-refractivity contribution is 5.38. The lowest BCUT2D eigenvalue weighted by Gasteiger charge is -2.15. The molecule has 1 saturated heterocycles. The van der Waals surface area contributed by atoms with E-state index in [9.17, 15) is 13.2 Å². The Morgan fingerprint density at radius 3 is 2.00 bits per heavy atom. The summed E-state index contributed by atoms with van der Waals surface area (Å²) in [6, 6.07) is 5.67. The van der Waals surface area contributed by atoms with Crippen molar-refractivity contribution in [3.8, 4) is 12.3 Å². The van der Waals surface area contributed by atoms with E-state index in [0.29, 0.717) is 5.56 Å². The number of halogens is 3. The van der Waals surface area contributed by atoms with Gasteiger partial charge in [0.05, 0.1) is 0 Å². The fourth-order valence-electron chi connectivity index (χ4n) is 1.33. The lowest BCUT2D eigenvalue weighted by atomic mass is 10.0. The zero-order valence-corrected chi connectivity index (χ0v) is 7.52. The van der Waals surface area contributed by atoms with Crippen molar-refractivity contribution in [3.63, 3.8) is 0 Å². The minimum Gasteiger partial charge on any atom is -0.223 e. The number of benzene rings is 1. The van der Waals surface area contributed by atoms with Crippen LogP contribution in [-0.4, -0.2) is 6.18 Å². The van der Waals surface area contributed by atoms with Gasteiger partial charge in [0.1, 0.15) is 0 Å². The molecular formula is C10H7F3N2. The molecule has 0 bridgehead atoms. The highest BCUT2D eigenvalue weighted by Crippen LogP contribution is 2.41. The molecule has 1 aromatic carbocycles. The number of terminal acetylenes is 1.